The van der Waals surface area contributed by atoms with Gasteiger partial charge in [0.05, 0.1) is 30.4 Å². The summed E-state index contributed by atoms with van der Waals surface area (Å²) in [5, 5.41) is 3.11. The molecule has 2 aromatic carbocycles. The van der Waals surface area contributed by atoms with Crippen molar-refractivity contribution in [3.63, 3.8) is 0 Å². The summed E-state index contributed by atoms with van der Waals surface area (Å²) in [6.07, 6.45) is 1.91. The Balaban J connectivity index is 1.24. The minimum atomic E-state index is -0.00965. The van der Waals surface area contributed by atoms with E-state index in [1.54, 1.807) is 18.4 Å². The Morgan fingerprint density at radius 2 is 1.97 bits per heavy atom. The molecular formula is C25H28N4O3S. The van der Waals surface area contributed by atoms with Gasteiger partial charge in [-0.05, 0) is 50.1 Å². The third-order valence-electron chi connectivity index (χ3n) is 6.19. The van der Waals surface area contributed by atoms with E-state index in [0.29, 0.717) is 6.61 Å². The number of nitrogens with zero attached hydrogens (tertiary/aromatic N) is 3. The Morgan fingerprint density at radius 1 is 1.15 bits per heavy atom. The number of aromatic amines is 1. The molecule has 0 radical (unpaired) electrons. The van der Waals surface area contributed by atoms with Gasteiger partial charge in [0.25, 0.3) is 0 Å². The number of hydrogen-bond acceptors (Lipinski definition) is 6. The van der Waals surface area contributed by atoms with E-state index in [2.05, 4.69) is 15.3 Å². The maximum atomic E-state index is 12.5. The smallest absolute Gasteiger partial charge is 0.326 e. The van der Waals surface area contributed by atoms with Crippen molar-refractivity contribution < 1.29 is 9.47 Å². The molecule has 0 amide bonds. The molecule has 0 unspecified atom stereocenters. The lowest BCUT2D eigenvalue weighted by Crippen LogP contribution is -2.36. The van der Waals surface area contributed by atoms with E-state index < -0.39 is 0 Å². The normalized spacial score (nSPS) is 15.2. The molecule has 0 saturated carbocycles. The number of fused-ring (bicyclic) bond motifs is 1. The fourth-order valence-electron chi connectivity index (χ4n) is 4.59. The summed E-state index contributed by atoms with van der Waals surface area (Å²) < 4.78 is 13.0. The topological polar surface area (TPSA) is 72.4 Å². The Labute approximate surface area is 196 Å². The first kappa shape index (κ1) is 21.7. The molecule has 0 atom stereocenters. The third-order valence-corrected chi connectivity index (χ3v) is 7.13. The number of imidazole rings is 1. The number of H-pyrrole nitrogens is 1. The van der Waals surface area contributed by atoms with Crippen LogP contribution in [0.4, 0.5) is 0 Å². The maximum Gasteiger partial charge on any atom is 0.326 e. The highest BCUT2D eigenvalue weighted by Crippen LogP contribution is 2.34. The zero-order valence-electron chi connectivity index (χ0n) is 18.9. The van der Waals surface area contributed by atoms with Crippen LogP contribution in [0, 0.1) is 0 Å². The van der Waals surface area contributed by atoms with Gasteiger partial charge in [0, 0.05) is 36.6 Å². The third kappa shape index (κ3) is 4.41. The molecule has 1 aliphatic rings. The molecule has 1 N–H and O–H groups in total. The molecule has 33 heavy (non-hydrogen) atoms. The molecule has 1 saturated heterocycles. The summed E-state index contributed by atoms with van der Waals surface area (Å²) in [6.45, 7) is 5.27. The predicted octanol–water partition coefficient (Wildman–Crippen LogP) is 4.70. The quantitative estimate of drug-likeness (QED) is 0.429. The summed E-state index contributed by atoms with van der Waals surface area (Å²) in [5.74, 6) is 1.47. The number of likely N-dealkylation sites (tertiary alicyclic amines) is 1. The SMILES string of the molecule is CCOc1ccc(-c2nc(CN3CCC(n4c(=O)[nH]c5ccccc54)CC3)cs2)cc1OC. The summed E-state index contributed by atoms with van der Waals surface area (Å²) in [7, 11) is 1.66. The van der Waals surface area contributed by atoms with Crippen molar-refractivity contribution in [2.24, 2.45) is 0 Å². The molecule has 0 aliphatic carbocycles. The van der Waals surface area contributed by atoms with Gasteiger partial charge < -0.3 is 14.5 Å². The molecule has 0 bridgehead atoms. The lowest BCUT2D eigenvalue weighted by atomic mass is 10.0. The standard InChI is InChI=1S/C25H28N4O3S/c1-3-32-22-9-8-17(14-23(22)31-2)24-26-18(16-33-24)15-28-12-10-19(11-13-28)29-21-7-5-4-6-20(21)27-25(29)30/h4-9,14,16,19H,3,10-13,15H2,1-2H3,(H,27,30). The van der Waals surface area contributed by atoms with Crippen LogP contribution in [0.3, 0.4) is 0 Å². The molecule has 4 aromatic rings. The highest BCUT2D eigenvalue weighted by molar-refractivity contribution is 7.13. The summed E-state index contributed by atoms with van der Waals surface area (Å²) in [4.78, 5) is 22.8. The van der Waals surface area contributed by atoms with Crippen LogP contribution in [0.15, 0.2) is 52.6 Å². The van der Waals surface area contributed by atoms with Crippen LogP contribution in [0.25, 0.3) is 21.6 Å². The predicted molar refractivity (Wildman–Crippen MR) is 131 cm³/mol. The minimum Gasteiger partial charge on any atom is -0.493 e. The number of benzene rings is 2. The summed E-state index contributed by atoms with van der Waals surface area (Å²) in [6, 6.07) is 14.1. The molecule has 2 aromatic heterocycles. The Morgan fingerprint density at radius 3 is 2.76 bits per heavy atom. The van der Waals surface area contributed by atoms with Crippen molar-refractivity contribution in [1.29, 1.82) is 0 Å². The molecule has 5 rings (SSSR count). The van der Waals surface area contributed by atoms with E-state index in [4.69, 9.17) is 14.5 Å². The van der Waals surface area contributed by atoms with Gasteiger partial charge >= 0.3 is 5.69 Å². The number of methoxy groups -OCH3 is 1. The van der Waals surface area contributed by atoms with Crippen LogP contribution in [0.1, 0.15) is 31.5 Å². The van der Waals surface area contributed by atoms with Crippen LogP contribution >= 0.6 is 11.3 Å². The van der Waals surface area contributed by atoms with Crippen LogP contribution in [-0.2, 0) is 6.54 Å². The second kappa shape index (κ2) is 9.41. The Kier molecular flexibility index (Phi) is 6.20. The van der Waals surface area contributed by atoms with Crippen molar-refractivity contribution in [2.75, 3.05) is 26.8 Å². The Hall–Kier alpha value is -3.10. The van der Waals surface area contributed by atoms with Crippen molar-refractivity contribution in [3.05, 3.63) is 64.0 Å². The van der Waals surface area contributed by atoms with Crippen LogP contribution in [0.5, 0.6) is 11.5 Å². The van der Waals surface area contributed by atoms with Gasteiger partial charge in [-0.25, -0.2) is 9.78 Å². The van der Waals surface area contributed by atoms with Gasteiger partial charge in [0.1, 0.15) is 5.01 Å². The van der Waals surface area contributed by atoms with E-state index in [-0.39, 0.29) is 11.7 Å². The molecular weight excluding hydrogens is 436 g/mol. The highest BCUT2D eigenvalue weighted by Gasteiger charge is 2.24. The van der Waals surface area contributed by atoms with Gasteiger partial charge in [-0.15, -0.1) is 11.3 Å². The zero-order valence-corrected chi connectivity index (χ0v) is 19.7. The number of rotatable bonds is 7. The molecule has 172 valence electrons. The van der Waals surface area contributed by atoms with E-state index in [1.807, 2.05) is 54.0 Å². The average Bonchev–Trinajstić information content (AvgIpc) is 3.43. The maximum absolute atomic E-state index is 12.5. The van der Waals surface area contributed by atoms with Gasteiger partial charge in [0.2, 0.25) is 0 Å². The molecule has 3 heterocycles. The largest absolute Gasteiger partial charge is 0.493 e. The fraction of sp³-hybridized carbons (Fsp3) is 0.360. The molecule has 1 aliphatic heterocycles. The van der Waals surface area contributed by atoms with Crippen molar-refractivity contribution >= 4 is 22.4 Å². The molecule has 0 spiro atoms. The number of para-hydroxylation sites is 2. The summed E-state index contributed by atoms with van der Waals surface area (Å²) in [5.41, 5.74) is 4.00. The number of ether oxygens (including phenoxy) is 2. The molecule has 1 fully saturated rings. The van der Waals surface area contributed by atoms with Crippen LogP contribution in [-0.4, -0.2) is 46.2 Å². The second-order valence-corrected chi connectivity index (χ2v) is 9.13. The average molecular weight is 465 g/mol. The Bertz CT molecular complexity index is 1300. The van der Waals surface area contributed by atoms with Crippen molar-refractivity contribution in [2.45, 2.75) is 32.4 Å². The molecule has 7 nitrogen and oxygen atoms in total. The second-order valence-electron chi connectivity index (χ2n) is 8.27. The van der Waals surface area contributed by atoms with Gasteiger partial charge in [-0.2, -0.15) is 0 Å². The number of thiazole rings is 1. The molecule has 8 heteroatoms. The van der Waals surface area contributed by atoms with Crippen molar-refractivity contribution in [1.82, 2.24) is 19.4 Å². The first-order chi connectivity index (χ1) is 16.2. The lowest BCUT2D eigenvalue weighted by Gasteiger charge is -2.32. The van der Waals surface area contributed by atoms with E-state index in [9.17, 15) is 4.79 Å². The fourth-order valence-corrected chi connectivity index (χ4v) is 5.40. The van der Waals surface area contributed by atoms with E-state index in [0.717, 1.165) is 71.3 Å². The van der Waals surface area contributed by atoms with Gasteiger partial charge in [-0.1, -0.05) is 12.1 Å². The van der Waals surface area contributed by atoms with Gasteiger partial charge in [0.15, 0.2) is 11.5 Å². The minimum absolute atomic E-state index is 0.00965. The number of piperidine rings is 1. The van der Waals surface area contributed by atoms with Crippen molar-refractivity contribution in [3.8, 4) is 22.1 Å². The van der Waals surface area contributed by atoms with Crippen LogP contribution < -0.4 is 15.2 Å². The summed E-state index contributed by atoms with van der Waals surface area (Å²) >= 11 is 1.65. The first-order valence-corrected chi connectivity index (χ1v) is 12.2. The van der Waals surface area contributed by atoms with Gasteiger partial charge in [-0.3, -0.25) is 9.47 Å². The lowest BCUT2D eigenvalue weighted by molar-refractivity contribution is 0.178. The van der Waals surface area contributed by atoms with E-state index >= 15 is 0 Å². The number of hydrogen-bond donors (Lipinski definition) is 1. The van der Waals surface area contributed by atoms with E-state index in [1.165, 1.54) is 0 Å². The number of aromatic nitrogens is 3. The zero-order chi connectivity index (χ0) is 22.8. The monoisotopic (exact) mass is 464 g/mol. The number of nitrogens with one attached hydrogen (secondary N) is 1. The first-order valence-electron chi connectivity index (χ1n) is 11.3. The van der Waals surface area contributed by atoms with Crippen LogP contribution in [0.2, 0.25) is 0 Å². The highest BCUT2D eigenvalue weighted by atomic mass is 32.1.